The molecule has 112 valence electrons. The van der Waals surface area contributed by atoms with Crippen LogP contribution in [0.3, 0.4) is 0 Å². The van der Waals surface area contributed by atoms with Gasteiger partial charge in [0.25, 0.3) is 0 Å². The van der Waals surface area contributed by atoms with Crippen molar-refractivity contribution in [1.29, 1.82) is 0 Å². The van der Waals surface area contributed by atoms with E-state index in [2.05, 4.69) is 39.0 Å². The van der Waals surface area contributed by atoms with E-state index in [1.54, 1.807) is 7.11 Å². The van der Waals surface area contributed by atoms with E-state index in [1.807, 2.05) is 0 Å². The van der Waals surface area contributed by atoms with E-state index in [4.69, 9.17) is 4.74 Å². The van der Waals surface area contributed by atoms with E-state index in [9.17, 15) is 5.11 Å². The molecule has 1 aliphatic carbocycles. The lowest BCUT2D eigenvalue weighted by Gasteiger charge is -2.41. The number of methoxy groups -OCH3 is 1. The lowest BCUT2D eigenvalue weighted by atomic mass is 9.75. The van der Waals surface area contributed by atoms with Crippen LogP contribution in [0.1, 0.15) is 49.3 Å². The van der Waals surface area contributed by atoms with Crippen LogP contribution in [-0.2, 0) is 11.2 Å². The predicted molar refractivity (Wildman–Crippen MR) is 83.0 cm³/mol. The second-order valence-electron chi connectivity index (χ2n) is 6.59. The van der Waals surface area contributed by atoms with Crippen molar-refractivity contribution in [1.82, 2.24) is 0 Å². The summed E-state index contributed by atoms with van der Waals surface area (Å²) in [5.41, 5.74) is 3.45. The topological polar surface area (TPSA) is 29.5 Å². The summed E-state index contributed by atoms with van der Waals surface area (Å²) in [5.74, 6) is 0.757. The highest BCUT2D eigenvalue weighted by Crippen LogP contribution is 2.37. The van der Waals surface area contributed by atoms with E-state index >= 15 is 0 Å². The summed E-state index contributed by atoms with van der Waals surface area (Å²) in [5, 5.41) is 10.7. The number of benzene rings is 1. The molecule has 1 aromatic rings. The van der Waals surface area contributed by atoms with Crippen LogP contribution in [0.15, 0.2) is 18.2 Å². The molecule has 0 aromatic heterocycles. The summed E-state index contributed by atoms with van der Waals surface area (Å²) in [7, 11) is 1.75. The molecule has 0 amide bonds. The Morgan fingerprint density at radius 2 is 1.90 bits per heavy atom. The highest BCUT2D eigenvalue weighted by molar-refractivity contribution is 5.30. The molecule has 1 atom stereocenters. The van der Waals surface area contributed by atoms with Crippen LogP contribution in [-0.4, -0.2) is 23.9 Å². The average Bonchev–Trinajstić information content (AvgIpc) is 2.44. The molecule has 0 spiro atoms. The first-order valence-corrected chi connectivity index (χ1v) is 7.76. The maximum atomic E-state index is 10.7. The zero-order valence-corrected chi connectivity index (χ0v) is 13.3. The largest absolute Gasteiger partial charge is 0.390 e. The Morgan fingerprint density at radius 3 is 2.45 bits per heavy atom. The first-order valence-electron chi connectivity index (χ1n) is 7.76. The normalized spacial score (nSPS) is 28.4. The molecular weight excluding hydrogens is 248 g/mol. The van der Waals surface area contributed by atoms with E-state index in [-0.39, 0.29) is 5.60 Å². The third-order valence-corrected chi connectivity index (χ3v) is 5.13. The van der Waals surface area contributed by atoms with E-state index in [0.29, 0.717) is 6.42 Å². The van der Waals surface area contributed by atoms with Crippen LogP contribution >= 0.6 is 0 Å². The molecule has 1 saturated carbocycles. The molecule has 1 unspecified atom stereocenters. The Labute approximate surface area is 123 Å². The predicted octanol–water partition coefficient (Wildman–Crippen LogP) is 3.80. The average molecular weight is 276 g/mol. The van der Waals surface area contributed by atoms with Gasteiger partial charge in [-0.05, 0) is 62.1 Å². The third-order valence-electron chi connectivity index (χ3n) is 5.13. The van der Waals surface area contributed by atoms with Crippen molar-refractivity contribution in [2.24, 2.45) is 5.92 Å². The van der Waals surface area contributed by atoms with Gasteiger partial charge in [-0.1, -0.05) is 25.1 Å². The van der Waals surface area contributed by atoms with Gasteiger partial charge in [-0.15, -0.1) is 0 Å². The number of hydrogen-bond donors (Lipinski definition) is 1. The molecule has 2 heteroatoms. The smallest absolute Gasteiger partial charge is 0.0939 e. The highest BCUT2D eigenvalue weighted by atomic mass is 16.5. The fourth-order valence-corrected chi connectivity index (χ4v) is 3.26. The standard InChI is InChI=1S/C18H28O2/c1-13-7-9-18(20-4,10-8-13)17(19)12-16-6-5-14(2)15(3)11-16/h5-6,11,13,17,19H,7-10,12H2,1-4H3. The monoisotopic (exact) mass is 276 g/mol. The molecule has 0 aliphatic heterocycles. The molecule has 2 nitrogen and oxygen atoms in total. The zero-order valence-electron chi connectivity index (χ0n) is 13.3. The van der Waals surface area contributed by atoms with Gasteiger partial charge in [0.15, 0.2) is 0 Å². The molecule has 20 heavy (non-hydrogen) atoms. The first kappa shape index (κ1) is 15.5. The van der Waals surface area contributed by atoms with Gasteiger partial charge in [-0.2, -0.15) is 0 Å². The molecule has 1 aromatic carbocycles. The molecule has 0 bridgehead atoms. The number of rotatable bonds is 4. The summed E-state index contributed by atoms with van der Waals surface area (Å²) in [6.07, 6.45) is 4.51. The van der Waals surface area contributed by atoms with Gasteiger partial charge in [0.05, 0.1) is 11.7 Å². The Hall–Kier alpha value is -0.860. The van der Waals surface area contributed by atoms with Gasteiger partial charge < -0.3 is 9.84 Å². The number of aryl methyl sites for hydroxylation is 2. The van der Waals surface area contributed by atoms with E-state index in [0.717, 1.165) is 31.6 Å². The van der Waals surface area contributed by atoms with Gasteiger partial charge in [-0.3, -0.25) is 0 Å². The molecule has 0 saturated heterocycles. The maximum Gasteiger partial charge on any atom is 0.0939 e. The lowest BCUT2D eigenvalue weighted by molar-refractivity contribution is -0.127. The summed E-state index contributed by atoms with van der Waals surface area (Å²) in [4.78, 5) is 0. The second kappa shape index (κ2) is 6.28. The van der Waals surface area contributed by atoms with Crippen LogP contribution < -0.4 is 0 Å². The number of ether oxygens (including phenoxy) is 1. The Morgan fingerprint density at radius 1 is 1.25 bits per heavy atom. The van der Waals surface area contributed by atoms with Crippen LogP contribution in [0.25, 0.3) is 0 Å². The Balaban J connectivity index is 2.09. The summed E-state index contributed by atoms with van der Waals surface area (Å²) >= 11 is 0. The van der Waals surface area contributed by atoms with E-state index < -0.39 is 6.10 Å². The van der Waals surface area contributed by atoms with Gasteiger partial charge >= 0.3 is 0 Å². The minimum Gasteiger partial charge on any atom is -0.390 e. The number of hydrogen-bond acceptors (Lipinski definition) is 2. The van der Waals surface area contributed by atoms with Crippen molar-refractivity contribution >= 4 is 0 Å². The van der Waals surface area contributed by atoms with Crippen LogP contribution in [0.4, 0.5) is 0 Å². The van der Waals surface area contributed by atoms with Crippen molar-refractivity contribution in [3.8, 4) is 0 Å². The van der Waals surface area contributed by atoms with Crippen molar-refractivity contribution in [3.05, 3.63) is 34.9 Å². The summed E-state index contributed by atoms with van der Waals surface area (Å²) in [6, 6.07) is 6.45. The zero-order chi connectivity index (χ0) is 14.8. The first-order chi connectivity index (χ1) is 9.47. The molecule has 2 rings (SSSR count). The van der Waals surface area contributed by atoms with Gasteiger partial charge in [0.1, 0.15) is 0 Å². The maximum absolute atomic E-state index is 10.7. The summed E-state index contributed by atoms with van der Waals surface area (Å²) in [6.45, 7) is 6.53. The van der Waals surface area contributed by atoms with Gasteiger partial charge in [0.2, 0.25) is 0 Å². The Kier molecular flexibility index (Phi) is 4.87. The van der Waals surface area contributed by atoms with Crippen LogP contribution in [0.5, 0.6) is 0 Å². The SMILES string of the molecule is COC1(C(O)Cc2ccc(C)c(C)c2)CCC(C)CC1. The van der Waals surface area contributed by atoms with Crippen molar-refractivity contribution in [2.75, 3.05) is 7.11 Å². The molecule has 1 aliphatic rings. The fourth-order valence-electron chi connectivity index (χ4n) is 3.26. The molecule has 0 heterocycles. The molecule has 1 fully saturated rings. The minimum atomic E-state index is -0.415. The lowest BCUT2D eigenvalue weighted by Crippen LogP contribution is -2.47. The quantitative estimate of drug-likeness (QED) is 0.906. The third kappa shape index (κ3) is 3.24. The van der Waals surface area contributed by atoms with Crippen molar-refractivity contribution < 1.29 is 9.84 Å². The number of aliphatic hydroxyl groups excluding tert-OH is 1. The molecular formula is C18H28O2. The van der Waals surface area contributed by atoms with E-state index in [1.165, 1.54) is 16.7 Å². The molecule has 0 radical (unpaired) electrons. The number of aliphatic hydroxyl groups is 1. The Bertz CT molecular complexity index is 445. The van der Waals surface area contributed by atoms with Gasteiger partial charge in [-0.25, -0.2) is 0 Å². The van der Waals surface area contributed by atoms with Crippen LogP contribution in [0, 0.1) is 19.8 Å². The van der Waals surface area contributed by atoms with Crippen molar-refractivity contribution in [2.45, 2.75) is 64.6 Å². The fraction of sp³-hybridized carbons (Fsp3) is 0.667. The van der Waals surface area contributed by atoms with Crippen molar-refractivity contribution in [3.63, 3.8) is 0 Å². The minimum absolute atomic E-state index is 0.342. The van der Waals surface area contributed by atoms with Gasteiger partial charge in [0, 0.05) is 13.5 Å². The summed E-state index contributed by atoms with van der Waals surface area (Å²) < 4.78 is 5.77. The van der Waals surface area contributed by atoms with Crippen LogP contribution in [0.2, 0.25) is 0 Å². The highest BCUT2D eigenvalue weighted by Gasteiger charge is 2.40. The molecule has 1 N–H and O–H groups in total. The second-order valence-corrected chi connectivity index (χ2v) is 6.59.